The molecule has 0 unspecified atom stereocenters. The minimum absolute atomic E-state index is 0.340. The molecule has 0 aliphatic carbocycles. The van der Waals surface area contributed by atoms with Gasteiger partial charge in [0.1, 0.15) is 0 Å². The molecule has 118 valence electrons. The van der Waals surface area contributed by atoms with E-state index < -0.39 is 5.97 Å². The molecule has 0 bridgehead atoms. The lowest BCUT2D eigenvalue weighted by Crippen LogP contribution is -1.99. The fourth-order valence-electron chi connectivity index (χ4n) is 2.54. The number of carboxylic acid groups (broad SMARTS) is 1. The Morgan fingerprint density at radius 2 is 1.57 bits per heavy atom. The van der Waals surface area contributed by atoms with Crippen molar-refractivity contribution in [3.05, 3.63) is 29.6 Å². The number of pyridine rings is 1. The highest BCUT2D eigenvalue weighted by Gasteiger charge is 2.03. The molecular weight excluding hydrogens is 262 g/mol. The van der Waals surface area contributed by atoms with Gasteiger partial charge in [-0.05, 0) is 25.0 Å². The number of carbonyl (C=O) groups is 1. The first-order valence-electron chi connectivity index (χ1n) is 8.42. The second-order valence-corrected chi connectivity index (χ2v) is 5.77. The number of aromatic nitrogens is 1. The molecule has 0 aromatic carbocycles. The first kappa shape index (κ1) is 17.7. The Morgan fingerprint density at radius 1 is 1.00 bits per heavy atom. The molecule has 1 aromatic heterocycles. The topological polar surface area (TPSA) is 50.2 Å². The maximum Gasteiger partial charge on any atom is 0.335 e. The van der Waals surface area contributed by atoms with Gasteiger partial charge in [-0.1, -0.05) is 64.7 Å². The quantitative estimate of drug-likeness (QED) is 0.535. The van der Waals surface area contributed by atoms with E-state index in [4.69, 9.17) is 5.11 Å². The van der Waals surface area contributed by atoms with Crippen molar-refractivity contribution in [2.24, 2.45) is 0 Å². The summed E-state index contributed by atoms with van der Waals surface area (Å²) < 4.78 is 0. The molecule has 1 N–H and O–H groups in total. The van der Waals surface area contributed by atoms with Crippen LogP contribution >= 0.6 is 0 Å². The van der Waals surface area contributed by atoms with Gasteiger partial charge in [0.2, 0.25) is 0 Å². The van der Waals surface area contributed by atoms with Gasteiger partial charge < -0.3 is 5.11 Å². The van der Waals surface area contributed by atoms with Gasteiger partial charge in [-0.25, -0.2) is 4.79 Å². The molecule has 1 rings (SSSR count). The van der Waals surface area contributed by atoms with Gasteiger partial charge >= 0.3 is 5.97 Å². The maximum atomic E-state index is 10.9. The van der Waals surface area contributed by atoms with Crippen molar-refractivity contribution in [2.45, 2.75) is 77.6 Å². The van der Waals surface area contributed by atoms with E-state index >= 15 is 0 Å². The summed E-state index contributed by atoms with van der Waals surface area (Å²) in [5.41, 5.74) is 1.24. The summed E-state index contributed by atoms with van der Waals surface area (Å²) in [7, 11) is 0. The predicted octanol–water partition coefficient (Wildman–Crippen LogP) is 5.24. The Balaban J connectivity index is 2.01. The van der Waals surface area contributed by atoms with E-state index in [2.05, 4.69) is 11.9 Å². The van der Waals surface area contributed by atoms with Crippen molar-refractivity contribution < 1.29 is 9.90 Å². The third-order valence-electron chi connectivity index (χ3n) is 3.85. The van der Waals surface area contributed by atoms with Crippen LogP contribution in [-0.4, -0.2) is 16.1 Å². The predicted molar refractivity (Wildman–Crippen MR) is 86.7 cm³/mol. The molecule has 0 amide bonds. The smallest absolute Gasteiger partial charge is 0.335 e. The minimum Gasteiger partial charge on any atom is -0.478 e. The number of hydrogen-bond acceptors (Lipinski definition) is 2. The Morgan fingerprint density at radius 3 is 2.14 bits per heavy atom. The minimum atomic E-state index is -0.873. The molecule has 0 fully saturated rings. The first-order chi connectivity index (χ1) is 10.2. The molecule has 0 radical (unpaired) electrons. The van der Waals surface area contributed by atoms with Gasteiger partial charge in [0.25, 0.3) is 0 Å². The number of hydrogen-bond donors (Lipinski definition) is 1. The van der Waals surface area contributed by atoms with Crippen LogP contribution in [0.4, 0.5) is 0 Å². The highest BCUT2D eigenvalue weighted by atomic mass is 16.4. The lowest BCUT2D eigenvalue weighted by Gasteiger charge is -2.03. The standard InChI is InChI=1S/C18H29NO2/c1-2-3-4-5-6-7-8-9-10-11-12-17-15-16(18(20)21)13-14-19-17/h13-15H,2-12H2,1H3,(H,20,21). The van der Waals surface area contributed by atoms with Gasteiger partial charge in [-0.2, -0.15) is 0 Å². The number of rotatable bonds is 12. The summed E-state index contributed by atoms with van der Waals surface area (Å²) in [6.45, 7) is 2.25. The van der Waals surface area contributed by atoms with E-state index in [1.54, 1.807) is 18.3 Å². The number of unbranched alkanes of at least 4 members (excludes halogenated alkanes) is 9. The molecule has 0 saturated carbocycles. The van der Waals surface area contributed by atoms with Gasteiger partial charge in [-0.3, -0.25) is 4.98 Å². The normalized spacial score (nSPS) is 10.7. The second kappa shape index (κ2) is 11.3. The van der Waals surface area contributed by atoms with Crippen LogP contribution in [0.15, 0.2) is 18.3 Å². The molecule has 0 spiro atoms. The number of aromatic carboxylic acids is 1. The van der Waals surface area contributed by atoms with Crippen LogP contribution in [0.5, 0.6) is 0 Å². The molecule has 0 atom stereocenters. The molecule has 0 saturated heterocycles. The van der Waals surface area contributed by atoms with Crippen molar-refractivity contribution in [1.29, 1.82) is 0 Å². The lowest BCUT2D eigenvalue weighted by atomic mass is 10.0. The fraction of sp³-hybridized carbons (Fsp3) is 0.667. The van der Waals surface area contributed by atoms with Crippen LogP contribution in [0.25, 0.3) is 0 Å². The van der Waals surface area contributed by atoms with E-state index in [0.717, 1.165) is 18.5 Å². The second-order valence-electron chi connectivity index (χ2n) is 5.77. The molecule has 1 heterocycles. The van der Waals surface area contributed by atoms with Crippen molar-refractivity contribution >= 4 is 5.97 Å². The van der Waals surface area contributed by atoms with E-state index in [1.165, 1.54) is 57.8 Å². The molecule has 21 heavy (non-hydrogen) atoms. The average molecular weight is 291 g/mol. The molecule has 1 aromatic rings. The summed E-state index contributed by atoms with van der Waals surface area (Å²) in [6.07, 6.45) is 15.6. The monoisotopic (exact) mass is 291 g/mol. The van der Waals surface area contributed by atoms with Crippen LogP contribution in [0, 0.1) is 0 Å². The highest BCUT2D eigenvalue weighted by molar-refractivity contribution is 5.87. The third kappa shape index (κ3) is 8.49. The van der Waals surface area contributed by atoms with Gasteiger partial charge in [0.05, 0.1) is 5.56 Å². The van der Waals surface area contributed by atoms with Crippen LogP contribution < -0.4 is 0 Å². The highest BCUT2D eigenvalue weighted by Crippen LogP contribution is 2.12. The van der Waals surface area contributed by atoms with Gasteiger partial charge in [0.15, 0.2) is 0 Å². The summed E-state index contributed by atoms with van der Waals surface area (Å²) in [6, 6.07) is 3.24. The van der Waals surface area contributed by atoms with Crippen molar-refractivity contribution in [3.8, 4) is 0 Å². The SMILES string of the molecule is CCCCCCCCCCCCc1cc(C(=O)O)ccn1. The summed E-state index contributed by atoms with van der Waals surface area (Å²) >= 11 is 0. The Bertz CT molecular complexity index is 404. The molecule has 0 aliphatic heterocycles. The van der Waals surface area contributed by atoms with E-state index in [9.17, 15) is 4.79 Å². The zero-order chi connectivity index (χ0) is 15.3. The first-order valence-corrected chi connectivity index (χ1v) is 8.42. The fourth-order valence-corrected chi connectivity index (χ4v) is 2.54. The molecule has 3 nitrogen and oxygen atoms in total. The molecular formula is C18H29NO2. The zero-order valence-corrected chi connectivity index (χ0v) is 13.3. The zero-order valence-electron chi connectivity index (χ0n) is 13.3. The summed E-state index contributed by atoms with van der Waals surface area (Å²) in [5.74, 6) is -0.873. The van der Waals surface area contributed by atoms with Crippen molar-refractivity contribution in [2.75, 3.05) is 0 Å². The van der Waals surface area contributed by atoms with E-state index in [1.807, 2.05) is 0 Å². The Hall–Kier alpha value is -1.38. The van der Waals surface area contributed by atoms with Crippen LogP contribution in [0.1, 0.15) is 87.2 Å². The van der Waals surface area contributed by atoms with Gasteiger partial charge in [-0.15, -0.1) is 0 Å². The Labute approximate surface area is 128 Å². The van der Waals surface area contributed by atoms with Crippen LogP contribution in [0.2, 0.25) is 0 Å². The van der Waals surface area contributed by atoms with Crippen LogP contribution in [-0.2, 0) is 6.42 Å². The maximum absolute atomic E-state index is 10.9. The van der Waals surface area contributed by atoms with E-state index in [0.29, 0.717) is 5.56 Å². The van der Waals surface area contributed by atoms with Crippen LogP contribution in [0.3, 0.4) is 0 Å². The molecule has 0 aliphatic rings. The number of aryl methyl sites for hydroxylation is 1. The average Bonchev–Trinajstić information content (AvgIpc) is 2.49. The Kier molecular flexibility index (Phi) is 9.51. The van der Waals surface area contributed by atoms with Crippen molar-refractivity contribution in [1.82, 2.24) is 4.98 Å². The molecule has 3 heteroatoms. The third-order valence-corrected chi connectivity index (χ3v) is 3.85. The largest absolute Gasteiger partial charge is 0.478 e. The summed E-state index contributed by atoms with van der Waals surface area (Å²) in [4.78, 5) is 15.1. The van der Waals surface area contributed by atoms with E-state index in [-0.39, 0.29) is 0 Å². The lowest BCUT2D eigenvalue weighted by molar-refractivity contribution is 0.0696. The number of nitrogens with zero attached hydrogens (tertiary/aromatic N) is 1. The van der Waals surface area contributed by atoms with Crippen molar-refractivity contribution in [3.63, 3.8) is 0 Å². The number of carboxylic acids is 1. The van der Waals surface area contributed by atoms with Gasteiger partial charge in [0, 0.05) is 11.9 Å². The summed E-state index contributed by atoms with van der Waals surface area (Å²) in [5, 5.41) is 8.93.